The van der Waals surface area contributed by atoms with Crippen LogP contribution in [0.2, 0.25) is 0 Å². The summed E-state index contributed by atoms with van der Waals surface area (Å²) in [5.41, 5.74) is 1.14. The molecular formula is C19H24N2OS. The van der Waals surface area contributed by atoms with E-state index < -0.39 is 0 Å². The highest BCUT2D eigenvalue weighted by Gasteiger charge is 2.19. The highest BCUT2D eigenvalue weighted by molar-refractivity contribution is 7.10. The highest BCUT2D eigenvalue weighted by atomic mass is 32.1. The Kier molecular flexibility index (Phi) is 5.83. The maximum Gasteiger partial charge on any atom is 0.234 e. The molecule has 4 heteroatoms. The Hall–Kier alpha value is -1.65. The molecule has 1 aliphatic rings. The minimum absolute atomic E-state index is 0.0457. The van der Waals surface area contributed by atoms with Gasteiger partial charge in [-0.1, -0.05) is 49.2 Å². The molecule has 122 valence electrons. The molecule has 1 aliphatic heterocycles. The highest BCUT2D eigenvalue weighted by Crippen LogP contribution is 2.25. The molecule has 0 radical (unpaired) electrons. The fraction of sp³-hybridized carbons (Fsp3) is 0.421. The molecule has 1 amide bonds. The van der Waals surface area contributed by atoms with Crippen LogP contribution in [-0.2, 0) is 4.79 Å². The van der Waals surface area contributed by atoms with Gasteiger partial charge in [-0.15, -0.1) is 11.3 Å². The van der Waals surface area contributed by atoms with Gasteiger partial charge in [-0.25, -0.2) is 0 Å². The van der Waals surface area contributed by atoms with Gasteiger partial charge in [0.2, 0.25) is 5.91 Å². The summed E-state index contributed by atoms with van der Waals surface area (Å²) in [4.78, 5) is 16.0. The number of carbonyl (C=O) groups excluding carboxylic acids is 1. The van der Waals surface area contributed by atoms with Gasteiger partial charge in [-0.3, -0.25) is 9.69 Å². The molecule has 23 heavy (non-hydrogen) atoms. The van der Waals surface area contributed by atoms with Crippen LogP contribution in [0.3, 0.4) is 0 Å². The van der Waals surface area contributed by atoms with E-state index in [9.17, 15) is 4.79 Å². The lowest BCUT2D eigenvalue weighted by Crippen LogP contribution is -2.39. The van der Waals surface area contributed by atoms with E-state index >= 15 is 0 Å². The molecule has 1 N–H and O–H groups in total. The summed E-state index contributed by atoms with van der Waals surface area (Å²) in [6.45, 7) is 2.60. The van der Waals surface area contributed by atoms with Gasteiger partial charge in [0.15, 0.2) is 0 Å². The van der Waals surface area contributed by atoms with Crippen LogP contribution in [0, 0.1) is 0 Å². The second-order valence-corrected chi connectivity index (χ2v) is 7.10. The predicted molar refractivity (Wildman–Crippen MR) is 95.7 cm³/mol. The van der Waals surface area contributed by atoms with E-state index in [1.807, 2.05) is 24.3 Å². The Morgan fingerprint density at radius 1 is 1.04 bits per heavy atom. The zero-order chi connectivity index (χ0) is 15.9. The average Bonchev–Trinajstić information content (AvgIpc) is 2.99. The van der Waals surface area contributed by atoms with E-state index in [0.29, 0.717) is 6.54 Å². The number of nitrogens with one attached hydrogen (secondary N) is 1. The van der Waals surface area contributed by atoms with Gasteiger partial charge < -0.3 is 5.32 Å². The number of hydrogen-bond acceptors (Lipinski definition) is 3. The molecular weight excluding hydrogens is 304 g/mol. The summed E-state index contributed by atoms with van der Waals surface area (Å²) in [6.07, 6.45) is 5.00. The smallest absolute Gasteiger partial charge is 0.234 e. The fourth-order valence-corrected chi connectivity index (χ4v) is 3.93. The first-order valence-electron chi connectivity index (χ1n) is 8.43. The number of hydrogen-bond donors (Lipinski definition) is 1. The van der Waals surface area contributed by atoms with Gasteiger partial charge >= 0.3 is 0 Å². The third-order valence-electron chi connectivity index (χ3n) is 4.33. The third-order valence-corrected chi connectivity index (χ3v) is 5.27. The normalized spacial score (nSPS) is 17.4. The van der Waals surface area contributed by atoms with E-state index in [4.69, 9.17) is 0 Å². The number of likely N-dealkylation sites (tertiary alicyclic amines) is 1. The van der Waals surface area contributed by atoms with Gasteiger partial charge in [0.1, 0.15) is 0 Å². The average molecular weight is 328 g/mol. The Morgan fingerprint density at radius 2 is 1.78 bits per heavy atom. The van der Waals surface area contributed by atoms with Crippen molar-refractivity contribution in [1.82, 2.24) is 10.2 Å². The second kappa shape index (κ2) is 8.27. The predicted octanol–water partition coefficient (Wildman–Crippen LogP) is 3.83. The first-order chi connectivity index (χ1) is 11.3. The van der Waals surface area contributed by atoms with E-state index in [1.54, 1.807) is 11.3 Å². The summed E-state index contributed by atoms with van der Waals surface area (Å²) in [7, 11) is 0. The third kappa shape index (κ3) is 4.66. The van der Waals surface area contributed by atoms with Crippen LogP contribution in [0.25, 0.3) is 0 Å². The minimum atomic E-state index is -0.0457. The van der Waals surface area contributed by atoms with Crippen molar-refractivity contribution in [2.45, 2.75) is 31.7 Å². The minimum Gasteiger partial charge on any atom is -0.343 e. The molecule has 0 bridgehead atoms. The van der Waals surface area contributed by atoms with Crippen molar-refractivity contribution in [1.29, 1.82) is 0 Å². The molecule has 3 nitrogen and oxygen atoms in total. The molecule has 0 saturated carbocycles. The maximum absolute atomic E-state index is 12.6. The Bertz CT molecular complexity index is 589. The molecule has 3 rings (SSSR count). The van der Waals surface area contributed by atoms with Crippen LogP contribution in [-0.4, -0.2) is 30.4 Å². The lowest BCUT2D eigenvalue weighted by atomic mass is 10.1. The topological polar surface area (TPSA) is 32.3 Å². The molecule has 1 fully saturated rings. The van der Waals surface area contributed by atoms with Crippen molar-refractivity contribution in [2.24, 2.45) is 0 Å². The summed E-state index contributed by atoms with van der Waals surface area (Å²) >= 11 is 1.69. The van der Waals surface area contributed by atoms with Gasteiger partial charge in [0.05, 0.1) is 12.6 Å². The van der Waals surface area contributed by atoms with Crippen LogP contribution < -0.4 is 5.32 Å². The standard InChI is InChI=1S/C19H24N2OS/c22-18(15-21-12-6-1-2-7-13-21)20-19(17-11-8-14-23-17)16-9-4-3-5-10-16/h3-5,8-11,14,19H,1-2,6-7,12-13,15H2,(H,20,22)/t19-/m1/s1. The first-order valence-corrected chi connectivity index (χ1v) is 9.31. The van der Waals surface area contributed by atoms with Gasteiger partial charge in [0.25, 0.3) is 0 Å². The van der Waals surface area contributed by atoms with Crippen molar-refractivity contribution in [2.75, 3.05) is 19.6 Å². The fourth-order valence-electron chi connectivity index (χ4n) is 3.12. The molecule has 1 atom stereocenters. The number of amides is 1. The number of nitrogens with zero attached hydrogens (tertiary/aromatic N) is 1. The van der Waals surface area contributed by atoms with Crippen molar-refractivity contribution < 1.29 is 4.79 Å². The molecule has 0 aliphatic carbocycles. The van der Waals surface area contributed by atoms with Crippen LogP contribution in [0.5, 0.6) is 0 Å². The van der Waals surface area contributed by atoms with Crippen molar-refractivity contribution >= 4 is 17.2 Å². The lowest BCUT2D eigenvalue weighted by molar-refractivity contribution is -0.122. The summed E-state index contributed by atoms with van der Waals surface area (Å²) < 4.78 is 0. The maximum atomic E-state index is 12.6. The molecule has 1 aromatic carbocycles. The molecule has 2 heterocycles. The number of rotatable bonds is 5. The van der Waals surface area contributed by atoms with E-state index in [1.165, 1.54) is 30.6 Å². The lowest BCUT2D eigenvalue weighted by Gasteiger charge is -2.22. The molecule has 2 aromatic rings. The van der Waals surface area contributed by atoms with Gasteiger partial charge in [-0.2, -0.15) is 0 Å². The monoisotopic (exact) mass is 328 g/mol. The van der Waals surface area contributed by atoms with Crippen molar-refractivity contribution in [3.05, 3.63) is 58.3 Å². The van der Waals surface area contributed by atoms with Crippen LogP contribution in [0.4, 0.5) is 0 Å². The zero-order valence-corrected chi connectivity index (χ0v) is 14.2. The van der Waals surface area contributed by atoms with E-state index in [0.717, 1.165) is 18.7 Å². The van der Waals surface area contributed by atoms with Gasteiger partial charge in [0, 0.05) is 4.88 Å². The second-order valence-electron chi connectivity index (χ2n) is 6.12. The van der Waals surface area contributed by atoms with E-state index in [2.05, 4.69) is 33.8 Å². The quantitative estimate of drug-likeness (QED) is 0.905. The van der Waals surface area contributed by atoms with Crippen LogP contribution in [0.1, 0.15) is 42.2 Å². The Balaban J connectivity index is 1.67. The van der Waals surface area contributed by atoms with E-state index in [-0.39, 0.29) is 11.9 Å². The van der Waals surface area contributed by atoms with Crippen molar-refractivity contribution in [3.63, 3.8) is 0 Å². The molecule has 1 saturated heterocycles. The first kappa shape index (κ1) is 16.2. The van der Waals surface area contributed by atoms with Crippen molar-refractivity contribution in [3.8, 4) is 0 Å². The SMILES string of the molecule is O=C(CN1CCCCCC1)N[C@H](c1ccccc1)c1cccs1. The van der Waals surface area contributed by atoms with Crippen LogP contribution >= 0.6 is 11.3 Å². The zero-order valence-electron chi connectivity index (χ0n) is 13.4. The van der Waals surface area contributed by atoms with Gasteiger partial charge in [-0.05, 0) is 42.9 Å². The number of benzene rings is 1. The number of thiophene rings is 1. The number of carbonyl (C=O) groups is 1. The molecule has 0 spiro atoms. The molecule has 1 aromatic heterocycles. The Morgan fingerprint density at radius 3 is 2.43 bits per heavy atom. The molecule has 0 unspecified atom stereocenters. The van der Waals surface area contributed by atoms with Crippen LogP contribution in [0.15, 0.2) is 47.8 Å². The Labute approximate surface area is 142 Å². The summed E-state index contributed by atoms with van der Waals surface area (Å²) in [5, 5.41) is 5.29. The largest absolute Gasteiger partial charge is 0.343 e. The summed E-state index contributed by atoms with van der Waals surface area (Å²) in [5.74, 6) is 0.120. The summed E-state index contributed by atoms with van der Waals surface area (Å²) in [6, 6.07) is 14.3.